The Hall–Kier alpha value is -0.870. The van der Waals surface area contributed by atoms with Crippen molar-refractivity contribution in [1.29, 1.82) is 0 Å². The second-order valence-electron chi connectivity index (χ2n) is 6.74. The number of amides is 1. The summed E-state index contributed by atoms with van der Waals surface area (Å²) in [6, 6.07) is 0.478. The molecule has 0 saturated carbocycles. The van der Waals surface area contributed by atoms with Crippen LogP contribution in [0, 0.1) is 5.92 Å². The second kappa shape index (κ2) is 6.53. The number of carbonyl (C=O) groups is 1. The van der Waals surface area contributed by atoms with Crippen LogP contribution in [0.1, 0.15) is 34.1 Å². The van der Waals surface area contributed by atoms with Crippen molar-refractivity contribution in [1.82, 2.24) is 15.5 Å². The minimum atomic E-state index is -0.146. The Morgan fingerprint density at radius 2 is 2.00 bits per heavy atom. The molecule has 4 nitrogen and oxygen atoms in total. The molecule has 1 amide bonds. The van der Waals surface area contributed by atoms with Gasteiger partial charge in [-0.1, -0.05) is 12.2 Å². The molecule has 1 aliphatic heterocycles. The van der Waals surface area contributed by atoms with Gasteiger partial charge in [-0.15, -0.1) is 0 Å². The van der Waals surface area contributed by atoms with Gasteiger partial charge in [-0.05, 0) is 41.2 Å². The number of carbonyl (C=O) groups excluding carboxylic acids is 1. The molecule has 0 spiro atoms. The number of hydrogen-bond acceptors (Lipinski definition) is 3. The summed E-state index contributed by atoms with van der Waals surface area (Å²) in [7, 11) is 1.97. The van der Waals surface area contributed by atoms with Crippen LogP contribution in [0.25, 0.3) is 0 Å². The normalized spacial score (nSPS) is 18.8. The van der Waals surface area contributed by atoms with Crippen LogP contribution >= 0.6 is 0 Å². The predicted octanol–water partition coefficient (Wildman–Crippen LogP) is 1.39. The fourth-order valence-electron chi connectivity index (χ4n) is 2.28. The highest BCUT2D eigenvalue weighted by atomic mass is 16.2. The largest absolute Gasteiger partial charge is 0.350 e. The van der Waals surface area contributed by atoms with Crippen molar-refractivity contribution in [2.75, 3.05) is 26.7 Å². The molecule has 0 bridgehead atoms. The summed E-state index contributed by atoms with van der Waals surface area (Å²) in [5, 5.41) is 6.22. The lowest BCUT2D eigenvalue weighted by molar-refractivity contribution is -0.125. The zero-order valence-electron chi connectivity index (χ0n) is 13.0. The highest BCUT2D eigenvalue weighted by molar-refractivity contribution is 5.78. The summed E-state index contributed by atoms with van der Waals surface area (Å²) in [6.07, 6.45) is 1.02. The first-order chi connectivity index (χ1) is 8.71. The molecule has 1 saturated heterocycles. The van der Waals surface area contributed by atoms with Gasteiger partial charge in [0, 0.05) is 30.6 Å². The summed E-state index contributed by atoms with van der Waals surface area (Å²) in [5.41, 5.74) is 1.15. The van der Waals surface area contributed by atoms with Crippen molar-refractivity contribution in [3.05, 3.63) is 12.2 Å². The SMILES string of the molecule is C=C(CC(C)NC)C1CN(CC(=O)NC(C)(C)C)C1. The van der Waals surface area contributed by atoms with Gasteiger partial charge in [0.25, 0.3) is 0 Å². The minimum absolute atomic E-state index is 0.111. The highest BCUT2D eigenvalue weighted by Gasteiger charge is 2.30. The standard InChI is InChI=1S/C15H29N3O/c1-11(7-12(2)16-6)13-8-18(9-13)10-14(19)17-15(3,4)5/h12-13,16H,1,7-10H2,2-6H3,(H,17,19). The molecule has 1 atom stereocenters. The lowest BCUT2D eigenvalue weighted by Gasteiger charge is -2.40. The summed E-state index contributed by atoms with van der Waals surface area (Å²) >= 11 is 0. The molecular formula is C15H29N3O. The van der Waals surface area contributed by atoms with Crippen LogP contribution in [-0.4, -0.2) is 49.1 Å². The number of nitrogens with one attached hydrogen (secondary N) is 2. The average molecular weight is 267 g/mol. The van der Waals surface area contributed by atoms with Gasteiger partial charge in [-0.25, -0.2) is 0 Å². The van der Waals surface area contributed by atoms with Crippen molar-refractivity contribution in [3.8, 4) is 0 Å². The molecule has 0 aromatic rings. The van der Waals surface area contributed by atoms with E-state index in [0.717, 1.165) is 19.5 Å². The van der Waals surface area contributed by atoms with E-state index < -0.39 is 0 Å². The highest BCUT2D eigenvalue weighted by Crippen LogP contribution is 2.25. The lowest BCUT2D eigenvalue weighted by atomic mass is 9.88. The maximum absolute atomic E-state index is 11.8. The Kier molecular flexibility index (Phi) is 5.56. The zero-order valence-corrected chi connectivity index (χ0v) is 13.0. The van der Waals surface area contributed by atoms with E-state index in [1.165, 1.54) is 5.57 Å². The third-order valence-corrected chi connectivity index (χ3v) is 3.48. The van der Waals surface area contributed by atoms with Gasteiger partial charge in [0.1, 0.15) is 0 Å². The first-order valence-corrected chi connectivity index (χ1v) is 7.09. The molecule has 4 heteroatoms. The van der Waals surface area contributed by atoms with Gasteiger partial charge in [-0.2, -0.15) is 0 Å². The molecule has 1 fully saturated rings. The second-order valence-corrected chi connectivity index (χ2v) is 6.74. The molecule has 0 aromatic heterocycles. The molecule has 0 aliphatic carbocycles. The number of rotatable bonds is 6. The van der Waals surface area contributed by atoms with E-state index in [2.05, 4.69) is 29.0 Å². The topological polar surface area (TPSA) is 44.4 Å². The number of likely N-dealkylation sites (tertiary alicyclic amines) is 1. The maximum atomic E-state index is 11.8. The zero-order chi connectivity index (χ0) is 14.6. The fraction of sp³-hybridized carbons (Fsp3) is 0.800. The van der Waals surface area contributed by atoms with E-state index in [0.29, 0.717) is 18.5 Å². The molecule has 1 rings (SSSR count). The van der Waals surface area contributed by atoms with Gasteiger partial charge < -0.3 is 10.6 Å². The fourth-order valence-corrected chi connectivity index (χ4v) is 2.28. The van der Waals surface area contributed by atoms with Crippen LogP contribution < -0.4 is 10.6 Å². The molecule has 19 heavy (non-hydrogen) atoms. The Bertz CT molecular complexity index is 327. The Labute approximate surface area is 117 Å². The minimum Gasteiger partial charge on any atom is -0.350 e. The Morgan fingerprint density at radius 1 is 1.42 bits per heavy atom. The number of hydrogen-bond donors (Lipinski definition) is 2. The quantitative estimate of drug-likeness (QED) is 0.715. The molecule has 110 valence electrons. The van der Waals surface area contributed by atoms with E-state index in [1.54, 1.807) is 0 Å². The van der Waals surface area contributed by atoms with Gasteiger partial charge in [-0.3, -0.25) is 9.69 Å². The maximum Gasteiger partial charge on any atom is 0.234 e. The molecule has 1 unspecified atom stereocenters. The molecule has 0 radical (unpaired) electrons. The smallest absolute Gasteiger partial charge is 0.234 e. The molecule has 2 N–H and O–H groups in total. The van der Waals surface area contributed by atoms with Crippen LogP contribution in [0.4, 0.5) is 0 Å². The van der Waals surface area contributed by atoms with E-state index >= 15 is 0 Å². The molecule has 1 heterocycles. The Balaban J connectivity index is 2.23. The van der Waals surface area contributed by atoms with E-state index in [-0.39, 0.29) is 11.4 Å². The Morgan fingerprint density at radius 3 is 2.47 bits per heavy atom. The number of nitrogens with zero attached hydrogens (tertiary/aromatic N) is 1. The predicted molar refractivity (Wildman–Crippen MR) is 80.1 cm³/mol. The summed E-state index contributed by atoms with van der Waals surface area (Å²) in [4.78, 5) is 14.0. The van der Waals surface area contributed by atoms with E-state index in [9.17, 15) is 4.79 Å². The van der Waals surface area contributed by atoms with Gasteiger partial charge in [0.05, 0.1) is 6.54 Å². The molecule has 0 aromatic carbocycles. The van der Waals surface area contributed by atoms with Crippen molar-refractivity contribution in [3.63, 3.8) is 0 Å². The van der Waals surface area contributed by atoms with E-state index in [4.69, 9.17) is 0 Å². The van der Waals surface area contributed by atoms with Crippen LogP contribution in [0.15, 0.2) is 12.2 Å². The van der Waals surface area contributed by atoms with Gasteiger partial charge >= 0.3 is 0 Å². The van der Waals surface area contributed by atoms with Gasteiger partial charge in [0.2, 0.25) is 5.91 Å². The lowest BCUT2D eigenvalue weighted by Crippen LogP contribution is -2.53. The van der Waals surface area contributed by atoms with Crippen LogP contribution in [0.3, 0.4) is 0 Å². The van der Waals surface area contributed by atoms with Crippen molar-refractivity contribution >= 4 is 5.91 Å². The van der Waals surface area contributed by atoms with Gasteiger partial charge in [0.15, 0.2) is 0 Å². The van der Waals surface area contributed by atoms with Crippen LogP contribution in [0.5, 0.6) is 0 Å². The third-order valence-electron chi connectivity index (χ3n) is 3.48. The first-order valence-electron chi connectivity index (χ1n) is 7.09. The summed E-state index contributed by atoms with van der Waals surface area (Å²) in [5.74, 6) is 0.665. The van der Waals surface area contributed by atoms with Crippen molar-refractivity contribution in [2.24, 2.45) is 5.92 Å². The molecule has 1 aliphatic rings. The van der Waals surface area contributed by atoms with Crippen molar-refractivity contribution in [2.45, 2.75) is 45.7 Å². The first kappa shape index (κ1) is 16.2. The summed E-state index contributed by atoms with van der Waals surface area (Å²) < 4.78 is 0. The molecular weight excluding hydrogens is 238 g/mol. The van der Waals surface area contributed by atoms with Crippen LogP contribution in [0.2, 0.25) is 0 Å². The monoisotopic (exact) mass is 267 g/mol. The van der Waals surface area contributed by atoms with Crippen molar-refractivity contribution < 1.29 is 4.79 Å². The average Bonchev–Trinajstić information content (AvgIpc) is 2.19. The third kappa shape index (κ3) is 5.74. The van der Waals surface area contributed by atoms with E-state index in [1.807, 2.05) is 27.8 Å². The summed E-state index contributed by atoms with van der Waals surface area (Å²) in [6.45, 7) is 14.8. The van der Waals surface area contributed by atoms with Crippen LogP contribution in [-0.2, 0) is 4.79 Å².